The van der Waals surface area contributed by atoms with Gasteiger partial charge in [-0.05, 0) is 51.0 Å². The molecular formula is C13H16N2O. The van der Waals surface area contributed by atoms with Gasteiger partial charge in [0.05, 0.1) is 11.6 Å². The molecule has 1 aliphatic heterocycles. The Morgan fingerprint density at radius 3 is 2.12 bits per heavy atom. The van der Waals surface area contributed by atoms with E-state index in [0.29, 0.717) is 0 Å². The molecule has 16 heavy (non-hydrogen) atoms. The van der Waals surface area contributed by atoms with Gasteiger partial charge in [-0.1, -0.05) is 6.07 Å². The zero-order valence-electron chi connectivity index (χ0n) is 10.1. The molecule has 0 radical (unpaired) electrons. The van der Waals surface area contributed by atoms with Crippen molar-refractivity contribution in [2.45, 2.75) is 27.7 Å². The summed E-state index contributed by atoms with van der Waals surface area (Å²) < 4.78 is 0. The molecule has 0 aromatic heterocycles. The monoisotopic (exact) mass is 216 g/mol. The van der Waals surface area contributed by atoms with Crippen molar-refractivity contribution < 1.29 is 4.79 Å². The van der Waals surface area contributed by atoms with Crippen LogP contribution in [-0.2, 0) is 4.79 Å². The van der Waals surface area contributed by atoms with Crippen LogP contribution in [0.25, 0.3) is 0 Å². The summed E-state index contributed by atoms with van der Waals surface area (Å²) in [6, 6.07) is 6.06. The molecule has 0 fully saturated rings. The Balaban J connectivity index is 2.42. The number of hydrazone groups is 1. The highest BCUT2D eigenvalue weighted by atomic mass is 16.2. The Bertz CT molecular complexity index is 457. The third-order valence-electron chi connectivity index (χ3n) is 2.91. The van der Waals surface area contributed by atoms with Crippen LogP contribution in [0.1, 0.15) is 25.0 Å². The molecule has 1 atom stereocenters. The lowest BCUT2D eigenvalue weighted by atomic mass is 10.1. The van der Waals surface area contributed by atoms with Gasteiger partial charge in [0.1, 0.15) is 0 Å². The maximum Gasteiger partial charge on any atom is 0.255 e. The second-order valence-corrected chi connectivity index (χ2v) is 4.46. The molecule has 1 aromatic carbocycles. The summed E-state index contributed by atoms with van der Waals surface area (Å²) in [4.78, 5) is 12.0. The number of anilines is 1. The molecule has 0 aliphatic carbocycles. The summed E-state index contributed by atoms with van der Waals surface area (Å²) in [5.41, 5.74) is 4.04. The van der Waals surface area contributed by atoms with Gasteiger partial charge in [0.2, 0.25) is 0 Å². The molecule has 0 bridgehead atoms. The molecule has 0 spiro atoms. The van der Waals surface area contributed by atoms with E-state index in [9.17, 15) is 4.79 Å². The number of aryl methyl sites for hydroxylation is 2. The van der Waals surface area contributed by atoms with E-state index in [-0.39, 0.29) is 11.8 Å². The lowest BCUT2D eigenvalue weighted by molar-refractivity contribution is -0.119. The summed E-state index contributed by atoms with van der Waals surface area (Å²) in [6.07, 6.45) is 0. The zero-order valence-corrected chi connectivity index (χ0v) is 10.1. The summed E-state index contributed by atoms with van der Waals surface area (Å²) in [5, 5.41) is 5.82. The zero-order chi connectivity index (χ0) is 11.9. The fraction of sp³-hybridized carbons (Fsp3) is 0.385. The van der Waals surface area contributed by atoms with Crippen molar-refractivity contribution in [2.75, 3.05) is 5.01 Å². The highest BCUT2D eigenvalue weighted by Gasteiger charge is 2.30. The molecular weight excluding hydrogens is 200 g/mol. The van der Waals surface area contributed by atoms with Crippen molar-refractivity contribution in [1.29, 1.82) is 0 Å². The maximum atomic E-state index is 12.0. The lowest BCUT2D eigenvalue weighted by Gasteiger charge is -2.14. The van der Waals surface area contributed by atoms with Crippen molar-refractivity contribution in [1.82, 2.24) is 0 Å². The van der Waals surface area contributed by atoms with Gasteiger partial charge in [0.25, 0.3) is 5.91 Å². The van der Waals surface area contributed by atoms with Gasteiger partial charge in [-0.3, -0.25) is 4.79 Å². The van der Waals surface area contributed by atoms with Crippen LogP contribution in [-0.4, -0.2) is 11.6 Å². The van der Waals surface area contributed by atoms with E-state index in [1.165, 1.54) is 5.01 Å². The van der Waals surface area contributed by atoms with E-state index in [0.717, 1.165) is 22.5 Å². The lowest BCUT2D eigenvalue weighted by Crippen LogP contribution is -2.25. The summed E-state index contributed by atoms with van der Waals surface area (Å²) >= 11 is 0. The molecule has 2 rings (SSSR count). The third kappa shape index (κ3) is 1.73. The van der Waals surface area contributed by atoms with Crippen LogP contribution in [0.2, 0.25) is 0 Å². The largest absolute Gasteiger partial charge is 0.272 e. The minimum Gasteiger partial charge on any atom is -0.272 e. The maximum absolute atomic E-state index is 12.0. The molecule has 1 unspecified atom stereocenters. The number of amides is 1. The Kier molecular flexibility index (Phi) is 2.54. The van der Waals surface area contributed by atoms with Crippen LogP contribution < -0.4 is 5.01 Å². The second kappa shape index (κ2) is 3.74. The van der Waals surface area contributed by atoms with Crippen molar-refractivity contribution in [2.24, 2.45) is 11.0 Å². The predicted molar refractivity (Wildman–Crippen MR) is 65.7 cm³/mol. The van der Waals surface area contributed by atoms with Gasteiger partial charge in [-0.2, -0.15) is 5.10 Å². The van der Waals surface area contributed by atoms with Gasteiger partial charge >= 0.3 is 0 Å². The van der Waals surface area contributed by atoms with E-state index >= 15 is 0 Å². The second-order valence-electron chi connectivity index (χ2n) is 4.46. The Hall–Kier alpha value is -1.64. The Morgan fingerprint density at radius 2 is 1.69 bits per heavy atom. The molecule has 0 saturated heterocycles. The molecule has 1 aromatic rings. The van der Waals surface area contributed by atoms with Crippen LogP contribution in [0.4, 0.5) is 5.69 Å². The summed E-state index contributed by atoms with van der Waals surface area (Å²) in [7, 11) is 0. The van der Waals surface area contributed by atoms with E-state index in [1.54, 1.807) is 0 Å². The van der Waals surface area contributed by atoms with Gasteiger partial charge in [0.15, 0.2) is 0 Å². The third-order valence-corrected chi connectivity index (χ3v) is 2.91. The predicted octanol–water partition coefficient (Wildman–Crippen LogP) is 2.66. The van der Waals surface area contributed by atoms with Crippen molar-refractivity contribution in [3.63, 3.8) is 0 Å². The van der Waals surface area contributed by atoms with Crippen molar-refractivity contribution in [3.8, 4) is 0 Å². The first kappa shape index (κ1) is 10.9. The molecule has 0 saturated carbocycles. The van der Waals surface area contributed by atoms with E-state index < -0.39 is 0 Å². The molecule has 0 N–H and O–H groups in total. The van der Waals surface area contributed by atoms with Crippen LogP contribution in [0.5, 0.6) is 0 Å². The van der Waals surface area contributed by atoms with E-state index in [2.05, 4.69) is 11.2 Å². The van der Waals surface area contributed by atoms with Crippen molar-refractivity contribution in [3.05, 3.63) is 29.3 Å². The first-order valence-electron chi connectivity index (χ1n) is 5.46. The molecule has 3 nitrogen and oxygen atoms in total. The highest BCUT2D eigenvalue weighted by Crippen LogP contribution is 2.25. The number of hydrogen-bond donors (Lipinski definition) is 0. The van der Waals surface area contributed by atoms with Gasteiger partial charge < -0.3 is 0 Å². The number of benzene rings is 1. The Labute approximate surface area is 95.8 Å². The molecule has 1 heterocycles. The SMILES string of the molecule is CC1=NN(c2cc(C)cc(C)c2)C(=O)C1C. The number of carbonyl (C=O) groups is 1. The average Bonchev–Trinajstić information content (AvgIpc) is 2.44. The number of nitrogens with zero attached hydrogens (tertiary/aromatic N) is 2. The van der Waals surface area contributed by atoms with Gasteiger partial charge in [0, 0.05) is 5.71 Å². The minimum atomic E-state index is -0.0965. The van der Waals surface area contributed by atoms with Crippen LogP contribution in [0, 0.1) is 19.8 Å². The van der Waals surface area contributed by atoms with Crippen LogP contribution in [0.3, 0.4) is 0 Å². The van der Waals surface area contributed by atoms with Gasteiger partial charge in [-0.15, -0.1) is 0 Å². The highest BCUT2D eigenvalue weighted by molar-refractivity contribution is 6.14. The Morgan fingerprint density at radius 1 is 1.12 bits per heavy atom. The number of hydrogen-bond acceptors (Lipinski definition) is 2. The minimum absolute atomic E-state index is 0.0579. The molecule has 3 heteroatoms. The van der Waals surface area contributed by atoms with Crippen LogP contribution >= 0.6 is 0 Å². The first-order chi connectivity index (χ1) is 7.49. The topological polar surface area (TPSA) is 32.7 Å². The smallest absolute Gasteiger partial charge is 0.255 e. The number of carbonyl (C=O) groups excluding carboxylic acids is 1. The fourth-order valence-electron chi connectivity index (χ4n) is 1.91. The fourth-order valence-corrected chi connectivity index (χ4v) is 1.91. The first-order valence-corrected chi connectivity index (χ1v) is 5.46. The van der Waals surface area contributed by atoms with Gasteiger partial charge in [-0.25, -0.2) is 5.01 Å². The van der Waals surface area contributed by atoms with E-state index in [4.69, 9.17) is 0 Å². The van der Waals surface area contributed by atoms with E-state index in [1.807, 2.05) is 39.8 Å². The van der Waals surface area contributed by atoms with Crippen LogP contribution in [0.15, 0.2) is 23.3 Å². The molecule has 84 valence electrons. The van der Waals surface area contributed by atoms with Crippen molar-refractivity contribution >= 4 is 17.3 Å². The molecule has 1 aliphatic rings. The normalized spacial score (nSPS) is 20.2. The molecule has 1 amide bonds. The summed E-state index contributed by atoms with van der Waals surface area (Å²) in [6.45, 7) is 7.84. The quantitative estimate of drug-likeness (QED) is 0.710. The number of rotatable bonds is 1. The average molecular weight is 216 g/mol. The summed E-state index contributed by atoms with van der Waals surface area (Å²) in [5.74, 6) is -0.0386. The standard InChI is InChI=1S/C13H16N2O/c1-8-5-9(2)7-12(6-8)15-13(16)10(3)11(4)14-15/h5-7,10H,1-4H3.